The van der Waals surface area contributed by atoms with Gasteiger partial charge in [0.15, 0.2) is 6.29 Å². The van der Waals surface area contributed by atoms with Crippen molar-refractivity contribution < 1.29 is 38.0 Å². The molecular weight excluding hydrogens is 1080 g/mol. The van der Waals surface area contributed by atoms with Crippen molar-refractivity contribution in [3.63, 3.8) is 0 Å². The van der Waals surface area contributed by atoms with E-state index in [2.05, 4.69) is 24.0 Å². The average molecular weight is 1180 g/mol. The number of halogens is 3. The van der Waals surface area contributed by atoms with Gasteiger partial charge >= 0.3 is 0 Å². The molecule has 4 heterocycles. The van der Waals surface area contributed by atoms with E-state index in [1.807, 2.05) is 23.1 Å². The van der Waals surface area contributed by atoms with Gasteiger partial charge in [-0.25, -0.2) is 9.49 Å². The molecule has 2 amide bonds. The molecule has 1 unspecified atom stereocenters. The number of benzene rings is 2. The summed E-state index contributed by atoms with van der Waals surface area (Å²) in [6, 6.07) is 11.8. The van der Waals surface area contributed by atoms with Gasteiger partial charge in [0, 0.05) is 82.6 Å². The number of aliphatic hydroxyl groups is 1. The second kappa shape index (κ2) is 35.1. The summed E-state index contributed by atoms with van der Waals surface area (Å²) in [5.74, 6) is 4.33. The minimum absolute atomic E-state index is 0.0129. The Balaban J connectivity index is 0.000000281. The van der Waals surface area contributed by atoms with Crippen LogP contribution < -0.4 is 5.56 Å². The van der Waals surface area contributed by atoms with Gasteiger partial charge < -0.3 is 33.9 Å². The van der Waals surface area contributed by atoms with Crippen molar-refractivity contribution in [1.82, 2.24) is 20.0 Å². The summed E-state index contributed by atoms with van der Waals surface area (Å²) in [5, 5.41) is 16.4. The Morgan fingerprint density at radius 1 is 0.732 bits per heavy atom. The first-order valence-electron chi connectivity index (χ1n) is 32.2. The lowest BCUT2D eigenvalue weighted by Crippen LogP contribution is -2.53. The summed E-state index contributed by atoms with van der Waals surface area (Å²) in [7, 11) is 0. The van der Waals surface area contributed by atoms with Crippen molar-refractivity contribution in [3.05, 3.63) is 87.8 Å². The van der Waals surface area contributed by atoms with E-state index in [-0.39, 0.29) is 29.2 Å². The Morgan fingerprint density at radius 3 is 2.13 bits per heavy atom. The fourth-order valence-electron chi connectivity index (χ4n) is 14.8. The van der Waals surface area contributed by atoms with Crippen LogP contribution in [0.5, 0.6) is 0 Å². The summed E-state index contributed by atoms with van der Waals surface area (Å²) in [5.41, 5.74) is 2.03. The molecule has 3 aromatic rings. The number of rotatable bonds is 22. The molecule has 12 nitrogen and oxygen atoms in total. The van der Waals surface area contributed by atoms with Crippen LogP contribution in [0.1, 0.15) is 209 Å². The number of carbonyl (C=O) groups excluding carboxylic acids is 2. The number of hydrogen-bond donors (Lipinski definition) is 2. The third-order valence-corrected chi connectivity index (χ3v) is 20.0. The van der Waals surface area contributed by atoms with Crippen molar-refractivity contribution in [2.45, 2.75) is 206 Å². The first-order chi connectivity index (χ1) is 40.0. The molecule has 0 spiro atoms. The maximum absolute atomic E-state index is 15.0. The van der Waals surface area contributed by atoms with Crippen LogP contribution in [0.4, 0.5) is 4.39 Å². The van der Waals surface area contributed by atoms with Gasteiger partial charge in [-0.2, -0.15) is 5.10 Å². The van der Waals surface area contributed by atoms with E-state index in [4.69, 9.17) is 47.3 Å². The molecule has 2 saturated heterocycles. The number of alkyl halides is 2. The van der Waals surface area contributed by atoms with Crippen LogP contribution in [-0.2, 0) is 30.2 Å². The third-order valence-electron chi connectivity index (χ3n) is 19.5. The normalized spacial score (nSPS) is 26.6. The van der Waals surface area contributed by atoms with Gasteiger partial charge in [0.2, 0.25) is 5.91 Å². The van der Waals surface area contributed by atoms with Crippen LogP contribution in [0.15, 0.2) is 59.6 Å². The molecule has 7 aliphatic rings. The zero-order valence-corrected chi connectivity index (χ0v) is 51.5. The van der Waals surface area contributed by atoms with E-state index in [9.17, 15) is 18.8 Å². The number of fused-ring (bicyclic) bond motifs is 6. The highest BCUT2D eigenvalue weighted by Crippen LogP contribution is 2.66. The van der Waals surface area contributed by atoms with Crippen molar-refractivity contribution in [2.24, 2.45) is 34.5 Å². The maximum atomic E-state index is 15.0. The van der Waals surface area contributed by atoms with E-state index in [1.54, 1.807) is 35.4 Å². The molecule has 8 atom stereocenters. The minimum Gasteiger partial charge on any atom is -0.502 e. The second-order valence-electron chi connectivity index (χ2n) is 24.9. The van der Waals surface area contributed by atoms with Crippen LogP contribution in [0.25, 0.3) is 10.8 Å². The number of carbonyl (C=O) groups is 2. The quantitative estimate of drug-likeness (QED) is 0.0742. The molecule has 3 aliphatic heterocycles. The number of piperazine rings is 1. The summed E-state index contributed by atoms with van der Waals surface area (Å²) in [6.45, 7) is 10.6. The Kier molecular flexibility index (Phi) is 28.3. The van der Waals surface area contributed by atoms with Gasteiger partial charge in [-0.05, 0) is 186 Å². The van der Waals surface area contributed by atoms with Crippen LogP contribution in [0, 0.1) is 40.3 Å². The molecule has 458 valence electrons. The number of nitrogens with one attached hydrogen (secondary N) is 1. The summed E-state index contributed by atoms with van der Waals surface area (Å²) in [4.78, 5) is 42.2. The zero-order chi connectivity index (χ0) is 58.0. The Bertz CT molecular complexity index is 2440. The number of allylic oxidation sites excluding steroid dienone is 1. The Labute approximate surface area is 500 Å². The monoisotopic (exact) mass is 1180 g/mol. The molecule has 82 heavy (non-hydrogen) atoms. The van der Waals surface area contributed by atoms with E-state index in [0.29, 0.717) is 73.6 Å². The number of ether oxygens (including phenoxy) is 4. The maximum Gasteiger partial charge on any atom is 0.272 e. The third kappa shape index (κ3) is 19.0. The van der Waals surface area contributed by atoms with Gasteiger partial charge in [-0.15, -0.1) is 23.2 Å². The van der Waals surface area contributed by atoms with Gasteiger partial charge in [-0.3, -0.25) is 14.4 Å². The molecular formula is C67H101Cl2FN4O8. The molecule has 2 aromatic carbocycles. The second-order valence-corrected chi connectivity index (χ2v) is 25.6. The zero-order valence-electron chi connectivity index (χ0n) is 50.0. The van der Waals surface area contributed by atoms with Crippen LogP contribution >= 0.6 is 23.2 Å². The number of H-pyrrole nitrogens is 1. The molecule has 4 aliphatic carbocycles. The fraction of sp³-hybridized carbons (Fsp3) is 0.731. The first kappa shape index (κ1) is 65.9. The lowest BCUT2D eigenvalue weighted by molar-refractivity contribution is -0.162. The number of hydrogen-bond acceptors (Lipinski definition) is 9. The molecule has 0 bridgehead atoms. The highest BCUT2D eigenvalue weighted by Gasteiger charge is 2.60. The molecule has 0 radical (unpaired) electrons. The highest BCUT2D eigenvalue weighted by atomic mass is 35.5. The molecule has 10 rings (SSSR count). The van der Waals surface area contributed by atoms with E-state index >= 15 is 0 Å². The van der Waals surface area contributed by atoms with Crippen LogP contribution in [-0.4, -0.2) is 120 Å². The highest BCUT2D eigenvalue weighted by molar-refractivity contribution is 6.18. The lowest BCUT2D eigenvalue weighted by Gasteiger charge is -2.60. The van der Waals surface area contributed by atoms with Crippen molar-refractivity contribution >= 4 is 45.8 Å². The van der Waals surface area contributed by atoms with Crippen molar-refractivity contribution in [2.75, 3.05) is 71.0 Å². The first-order valence-corrected chi connectivity index (χ1v) is 33.2. The van der Waals surface area contributed by atoms with Crippen molar-refractivity contribution in [1.29, 1.82) is 0 Å². The lowest BCUT2D eigenvalue weighted by atomic mass is 9.45. The molecule has 2 N–H and O–H groups in total. The van der Waals surface area contributed by atoms with Crippen LogP contribution in [0.3, 0.4) is 0 Å². The summed E-state index contributed by atoms with van der Waals surface area (Å²) >= 11 is 11.0. The predicted molar refractivity (Wildman–Crippen MR) is 328 cm³/mol. The number of aliphatic hydroxyl groups excluding tert-OH is 1. The van der Waals surface area contributed by atoms with Crippen LogP contribution in [0.2, 0.25) is 0 Å². The SMILES string of the molecule is C1=COCCC1.C[C@]12CCCC[C@@H]1CC[C@@H]1[C@@H]2CC[C@]2(C)[C@@H](OCCCCCC(=O)N3CCN(C(=O)c4cc(Cc5n[nH]c(=O)c6ccccc56)ccc4F)CC3)CC[C@@H]12.ClCCCCCCOC1CCCCO1.OCCCCCCCl. The van der Waals surface area contributed by atoms with Gasteiger partial charge in [0.1, 0.15) is 5.82 Å². The number of nitrogens with zero attached hydrogens (tertiary/aromatic N) is 3. The largest absolute Gasteiger partial charge is 0.502 e. The average Bonchev–Trinajstić information content (AvgIpc) is 2.36. The standard InChI is InChI=1S/C45H59FN4O4.C11H21ClO2.C6H13ClO.C5H8O/c1-44-21-8-7-10-31(44)15-16-34-36-17-19-40(45(36,2)22-20-37(34)44)54-27-9-3-4-13-41(51)49-23-25-50(26-24-49)43(53)35-28-30(14-18-38(35)46)29-39-32-11-5-6-12-33(32)42(52)48-47-39;12-8-4-1-2-5-9-13-11-7-3-6-10-14-11;7-5-3-1-2-4-6-8;1-2-4-6-5-3-1/h5-6,11-12,14,18,28,31,34,36-37,40H,3-4,7-10,13,15-17,19-27,29H2,1-2H3,(H,48,52);11H,1-10H2;8H,1-6H2;2,4H,1,3,5H2/t31-,34+,36+,37+,40+,44+,45+;;;/m1.../s1. The van der Waals surface area contributed by atoms with Gasteiger partial charge in [-0.1, -0.05) is 83.1 Å². The van der Waals surface area contributed by atoms with E-state index in [0.717, 1.165) is 137 Å². The molecule has 4 saturated carbocycles. The predicted octanol–water partition coefficient (Wildman–Crippen LogP) is 14.7. The number of aromatic amines is 1. The fourth-order valence-corrected chi connectivity index (χ4v) is 15.2. The summed E-state index contributed by atoms with van der Waals surface area (Å²) < 4.78 is 37.6. The van der Waals surface area contributed by atoms with Gasteiger partial charge in [0.25, 0.3) is 11.5 Å². The summed E-state index contributed by atoms with van der Waals surface area (Å²) in [6.07, 6.45) is 36.8. The topological polar surface area (TPSA) is 144 Å². The number of amides is 2. The smallest absolute Gasteiger partial charge is 0.272 e. The Hall–Kier alpha value is -3.59. The molecule has 15 heteroatoms. The molecule has 1 aromatic heterocycles. The Morgan fingerprint density at radius 2 is 1.44 bits per heavy atom. The van der Waals surface area contributed by atoms with E-state index < -0.39 is 5.82 Å². The number of aromatic nitrogens is 2. The molecule has 6 fully saturated rings. The van der Waals surface area contributed by atoms with E-state index in [1.165, 1.54) is 109 Å². The minimum atomic E-state index is -0.573. The van der Waals surface area contributed by atoms with Gasteiger partial charge in [0.05, 0.1) is 35.6 Å². The number of unbranched alkanes of at least 4 members (excludes halogenated alkanes) is 8. The van der Waals surface area contributed by atoms with Crippen molar-refractivity contribution in [3.8, 4) is 0 Å².